The van der Waals surface area contributed by atoms with E-state index in [1.807, 2.05) is 0 Å². The fourth-order valence-electron chi connectivity index (χ4n) is 4.43. The van der Waals surface area contributed by atoms with Gasteiger partial charge < -0.3 is 24.6 Å². The number of nitrogens with zero attached hydrogens (tertiary/aromatic N) is 3. The summed E-state index contributed by atoms with van der Waals surface area (Å²) in [7, 11) is 1.72. The molecule has 0 aliphatic heterocycles. The highest BCUT2D eigenvalue weighted by Gasteiger charge is 2.76. The molecule has 4 rings (SSSR count). The number of nitrogens with one attached hydrogen (secondary N) is 1. The molecule has 10 nitrogen and oxygen atoms in total. The van der Waals surface area contributed by atoms with Gasteiger partial charge in [-0.2, -0.15) is 0 Å². The molecule has 0 aromatic carbocycles. The minimum atomic E-state index is -3.59. The number of hydrogen-bond acceptors (Lipinski definition) is 7. The number of alkyl halides is 2. The van der Waals surface area contributed by atoms with Gasteiger partial charge in [0.1, 0.15) is 24.1 Å². The lowest BCUT2D eigenvalue weighted by Gasteiger charge is -2.23. The molecule has 35 heavy (non-hydrogen) atoms. The van der Waals surface area contributed by atoms with Crippen LogP contribution in [0.3, 0.4) is 0 Å². The van der Waals surface area contributed by atoms with Crippen molar-refractivity contribution in [3.05, 3.63) is 29.1 Å². The predicted octanol–water partition coefficient (Wildman–Crippen LogP) is 3.77. The molecule has 2 aliphatic rings. The zero-order valence-corrected chi connectivity index (χ0v) is 19.5. The van der Waals surface area contributed by atoms with E-state index in [4.69, 9.17) is 14.4 Å². The van der Waals surface area contributed by atoms with Crippen LogP contribution in [0.2, 0.25) is 0 Å². The Morgan fingerprint density at radius 1 is 1.20 bits per heavy atom. The number of amides is 2. The number of aliphatic carboxylic acids is 1. The molecular weight excluding hydrogens is 466 g/mol. The van der Waals surface area contributed by atoms with Crippen LogP contribution in [-0.4, -0.2) is 57.1 Å². The third kappa shape index (κ3) is 4.69. The highest BCUT2D eigenvalue weighted by atomic mass is 19.3. The first-order chi connectivity index (χ1) is 16.5. The number of ether oxygens (including phenoxy) is 1. The molecule has 188 valence electrons. The molecule has 2 amide bonds. The summed E-state index contributed by atoms with van der Waals surface area (Å²) in [4.78, 5) is 41.6. The fourth-order valence-corrected chi connectivity index (χ4v) is 4.43. The van der Waals surface area contributed by atoms with Crippen LogP contribution in [0.15, 0.2) is 16.7 Å². The van der Waals surface area contributed by atoms with Crippen molar-refractivity contribution in [3.8, 4) is 11.5 Å². The van der Waals surface area contributed by atoms with Gasteiger partial charge in [-0.3, -0.25) is 9.59 Å². The molecule has 2 heterocycles. The minimum absolute atomic E-state index is 0.0763. The number of aromatic nitrogens is 2. The van der Waals surface area contributed by atoms with E-state index in [0.717, 1.165) is 25.7 Å². The summed E-state index contributed by atoms with van der Waals surface area (Å²) in [6.45, 7) is 3.18. The summed E-state index contributed by atoms with van der Waals surface area (Å²) in [5, 5.41) is 15.1. The monoisotopic (exact) mass is 492 g/mol. The maximum atomic E-state index is 13.6. The second-order valence-electron chi connectivity index (χ2n) is 8.97. The lowest BCUT2D eigenvalue weighted by Crippen LogP contribution is -2.35. The van der Waals surface area contributed by atoms with Gasteiger partial charge >= 0.3 is 12.1 Å². The molecule has 2 fully saturated rings. The standard InChI is InChI=1S/C23H26F2N4O6/c1-11-14(10-34-22(33)29(3)13-6-4-5-7-13)19(35-28-11)16-9-8-15(12(2)26-16)27-20(30)17-18(21(31)32)23(17,24)25/h8-9,13,17-18H,4-7,10H2,1-3H3,(H,27,30)(H,31,32). The second kappa shape index (κ2) is 9.23. The normalized spacial score (nSPS) is 20.9. The van der Waals surface area contributed by atoms with Crippen molar-refractivity contribution < 1.29 is 37.5 Å². The molecule has 2 N–H and O–H groups in total. The van der Waals surface area contributed by atoms with E-state index in [2.05, 4.69) is 15.5 Å². The molecule has 2 atom stereocenters. The number of carboxylic acid groups (broad SMARTS) is 1. The van der Waals surface area contributed by atoms with E-state index in [1.165, 1.54) is 12.1 Å². The maximum absolute atomic E-state index is 13.6. The van der Waals surface area contributed by atoms with Crippen molar-refractivity contribution in [2.45, 2.75) is 58.1 Å². The van der Waals surface area contributed by atoms with Crippen LogP contribution in [0.1, 0.15) is 42.6 Å². The van der Waals surface area contributed by atoms with Crippen molar-refractivity contribution >= 4 is 23.7 Å². The molecule has 2 aromatic heterocycles. The quantitative estimate of drug-likeness (QED) is 0.596. The Balaban J connectivity index is 1.45. The van der Waals surface area contributed by atoms with Crippen LogP contribution >= 0.6 is 0 Å². The number of carboxylic acids is 1. The maximum Gasteiger partial charge on any atom is 0.410 e. The topological polar surface area (TPSA) is 135 Å². The zero-order valence-electron chi connectivity index (χ0n) is 19.5. The van der Waals surface area contributed by atoms with E-state index in [0.29, 0.717) is 22.6 Å². The Morgan fingerprint density at radius 3 is 2.49 bits per heavy atom. The van der Waals surface area contributed by atoms with Crippen LogP contribution < -0.4 is 5.32 Å². The first kappa shape index (κ1) is 24.6. The number of aryl methyl sites for hydroxylation is 2. The molecule has 0 radical (unpaired) electrons. The van der Waals surface area contributed by atoms with Gasteiger partial charge in [-0.25, -0.2) is 18.6 Å². The van der Waals surface area contributed by atoms with E-state index in [1.54, 1.807) is 25.8 Å². The number of rotatable bonds is 7. The third-order valence-corrected chi connectivity index (χ3v) is 6.66. The Bertz CT molecular complexity index is 1160. The SMILES string of the molecule is Cc1nc(-c2onc(C)c2COC(=O)N(C)C2CCCC2)ccc1NC(=O)C1C(C(=O)O)C1(F)F. The molecule has 0 saturated heterocycles. The van der Waals surface area contributed by atoms with Gasteiger partial charge in [0, 0.05) is 13.1 Å². The van der Waals surface area contributed by atoms with Crippen LogP contribution in [0.5, 0.6) is 0 Å². The number of hydrogen-bond donors (Lipinski definition) is 2. The van der Waals surface area contributed by atoms with Crippen LogP contribution in [-0.2, 0) is 20.9 Å². The Labute approximate surface area is 199 Å². The Morgan fingerprint density at radius 2 is 1.89 bits per heavy atom. The van der Waals surface area contributed by atoms with Gasteiger partial charge in [0.15, 0.2) is 5.76 Å². The smallest absolute Gasteiger partial charge is 0.410 e. The second-order valence-corrected chi connectivity index (χ2v) is 8.97. The molecular formula is C23H26F2N4O6. The zero-order chi connectivity index (χ0) is 25.5. The fraction of sp³-hybridized carbons (Fsp3) is 0.522. The number of anilines is 1. The molecule has 0 spiro atoms. The summed E-state index contributed by atoms with van der Waals surface area (Å²) in [6, 6.07) is 3.12. The van der Waals surface area contributed by atoms with Crippen molar-refractivity contribution in [2.24, 2.45) is 11.8 Å². The van der Waals surface area contributed by atoms with Crippen molar-refractivity contribution in [1.82, 2.24) is 15.0 Å². The van der Waals surface area contributed by atoms with E-state index >= 15 is 0 Å². The van der Waals surface area contributed by atoms with Gasteiger partial charge in [-0.1, -0.05) is 18.0 Å². The Kier molecular flexibility index (Phi) is 6.48. The van der Waals surface area contributed by atoms with Crippen LogP contribution in [0.4, 0.5) is 19.3 Å². The van der Waals surface area contributed by atoms with Crippen LogP contribution in [0.25, 0.3) is 11.5 Å². The van der Waals surface area contributed by atoms with Gasteiger partial charge in [-0.15, -0.1) is 0 Å². The van der Waals surface area contributed by atoms with Gasteiger partial charge in [0.05, 0.1) is 22.6 Å². The highest BCUT2D eigenvalue weighted by Crippen LogP contribution is 2.55. The number of halogens is 2. The summed E-state index contributed by atoms with van der Waals surface area (Å²) in [5.74, 6) is -10.1. The van der Waals surface area contributed by atoms with Gasteiger partial charge in [0.2, 0.25) is 5.91 Å². The summed E-state index contributed by atoms with van der Waals surface area (Å²) in [5.41, 5.74) is 1.85. The highest BCUT2D eigenvalue weighted by molar-refractivity contribution is 6.00. The van der Waals surface area contributed by atoms with Gasteiger partial charge in [-0.05, 0) is 38.8 Å². The van der Waals surface area contributed by atoms with Crippen molar-refractivity contribution in [2.75, 3.05) is 12.4 Å². The molecule has 2 aliphatic carbocycles. The third-order valence-electron chi connectivity index (χ3n) is 6.66. The number of carbonyl (C=O) groups is 3. The largest absolute Gasteiger partial charge is 0.481 e. The first-order valence-electron chi connectivity index (χ1n) is 11.3. The molecule has 2 saturated carbocycles. The first-order valence-corrected chi connectivity index (χ1v) is 11.3. The summed E-state index contributed by atoms with van der Waals surface area (Å²) < 4.78 is 38.2. The molecule has 0 bridgehead atoms. The predicted molar refractivity (Wildman–Crippen MR) is 118 cm³/mol. The minimum Gasteiger partial charge on any atom is -0.481 e. The molecule has 12 heteroatoms. The molecule has 2 aromatic rings. The summed E-state index contributed by atoms with van der Waals surface area (Å²) >= 11 is 0. The lowest BCUT2D eigenvalue weighted by atomic mass is 10.1. The number of carbonyl (C=O) groups excluding carboxylic acids is 2. The van der Waals surface area contributed by atoms with Gasteiger partial charge in [0.25, 0.3) is 5.92 Å². The van der Waals surface area contributed by atoms with Crippen LogP contribution in [0, 0.1) is 25.7 Å². The Hall–Kier alpha value is -3.57. The van der Waals surface area contributed by atoms with E-state index in [9.17, 15) is 23.2 Å². The van der Waals surface area contributed by atoms with E-state index in [-0.39, 0.29) is 24.1 Å². The van der Waals surface area contributed by atoms with Crippen molar-refractivity contribution in [1.29, 1.82) is 0 Å². The average molecular weight is 492 g/mol. The molecule has 2 unspecified atom stereocenters. The lowest BCUT2D eigenvalue weighted by molar-refractivity contribution is -0.141. The van der Waals surface area contributed by atoms with Crippen molar-refractivity contribution in [3.63, 3.8) is 0 Å². The van der Waals surface area contributed by atoms with E-state index < -0.39 is 35.7 Å². The summed E-state index contributed by atoms with van der Waals surface area (Å²) in [6.07, 6.45) is 3.63. The average Bonchev–Trinajstić information content (AvgIpc) is 3.17. The number of pyridine rings is 1.